The Morgan fingerprint density at radius 3 is 2.66 bits per heavy atom. The molecule has 2 N–H and O–H groups in total. The van der Waals surface area contributed by atoms with Gasteiger partial charge in [0.05, 0.1) is 23.8 Å². The average molecular weight is 457 g/mol. The van der Waals surface area contributed by atoms with Gasteiger partial charge in [0.15, 0.2) is 0 Å². The van der Waals surface area contributed by atoms with Gasteiger partial charge in [-0.3, -0.25) is 9.59 Å². The van der Waals surface area contributed by atoms with Crippen molar-refractivity contribution in [2.45, 2.75) is 53.6 Å². The van der Waals surface area contributed by atoms with Crippen molar-refractivity contribution in [3.8, 4) is 6.07 Å². The topological polar surface area (TPSA) is 113 Å². The Morgan fingerprint density at radius 1 is 1.31 bits per heavy atom. The Labute approximate surface area is 193 Å². The number of pyridine rings is 1. The van der Waals surface area contributed by atoms with E-state index in [1.54, 1.807) is 6.07 Å². The van der Waals surface area contributed by atoms with Gasteiger partial charge in [0.2, 0.25) is 5.91 Å². The molecule has 32 heavy (non-hydrogen) atoms. The van der Waals surface area contributed by atoms with Gasteiger partial charge in [-0.05, 0) is 41.7 Å². The van der Waals surface area contributed by atoms with Crippen LogP contribution in [0.25, 0.3) is 0 Å². The summed E-state index contributed by atoms with van der Waals surface area (Å²) in [7, 11) is 0. The monoisotopic (exact) mass is 456 g/mol. The van der Waals surface area contributed by atoms with Gasteiger partial charge in [0.25, 0.3) is 5.56 Å². The zero-order valence-corrected chi connectivity index (χ0v) is 19.8. The Hall–Kier alpha value is -2.92. The normalized spacial score (nSPS) is 24.4. The lowest BCUT2D eigenvalue weighted by atomic mass is 9.58. The first-order valence-corrected chi connectivity index (χ1v) is 11.1. The molecular weight excluding hydrogens is 428 g/mol. The molecule has 1 fully saturated rings. The molecule has 4 atom stereocenters. The van der Waals surface area contributed by atoms with Crippen LogP contribution in [0.2, 0.25) is 5.02 Å². The third-order valence-electron chi connectivity index (χ3n) is 7.26. The van der Waals surface area contributed by atoms with Crippen LogP contribution < -0.4 is 16.2 Å². The number of nitrogens with zero attached hydrogens (tertiary/aromatic N) is 4. The molecule has 0 radical (unpaired) electrons. The summed E-state index contributed by atoms with van der Waals surface area (Å²) in [4.78, 5) is 28.9. The summed E-state index contributed by atoms with van der Waals surface area (Å²) in [5.41, 5.74) is 0.857. The van der Waals surface area contributed by atoms with E-state index < -0.39 is 11.5 Å². The van der Waals surface area contributed by atoms with E-state index in [0.717, 1.165) is 11.1 Å². The molecule has 3 rings (SSSR count). The van der Waals surface area contributed by atoms with Crippen molar-refractivity contribution in [1.29, 1.82) is 5.26 Å². The van der Waals surface area contributed by atoms with Crippen LogP contribution in [0.3, 0.4) is 0 Å². The highest BCUT2D eigenvalue weighted by Gasteiger charge is 2.43. The maximum absolute atomic E-state index is 12.7. The van der Waals surface area contributed by atoms with Gasteiger partial charge in [0.1, 0.15) is 23.3 Å². The number of anilines is 2. The number of hydrogen-bond acceptors (Lipinski definition) is 6. The van der Waals surface area contributed by atoms with Crippen LogP contribution in [0, 0.1) is 34.5 Å². The summed E-state index contributed by atoms with van der Waals surface area (Å²) in [6.07, 6.45) is 3.85. The Morgan fingerprint density at radius 2 is 2.03 bits per heavy atom. The van der Waals surface area contributed by atoms with Gasteiger partial charge < -0.3 is 10.6 Å². The number of nitrogens with one attached hydrogen (secondary N) is 2. The first-order chi connectivity index (χ1) is 15.0. The van der Waals surface area contributed by atoms with Crippen LogP contribution in [-0.2, 0) is 11.3 Å². The van der Waals surface area contributed by atoms with Crippen molar-refractivity contribution in [3.63, 3.8) is 0 Å². The molecule has 8 nitrogen and oxygen atoms in total. The van der Waals surface area contributed by atoms with Crippen molar-refractivity contribution < 1.29 is 4.79 Å². The molecular formula is C23H29ClN6O2. The fourth-order valence-electron chi connectivity index (χ4n) is 4.31. The molecule has 2 heterocycles. The Kier molecular flexibility index (Phi) is 6.89. The molecule has 2 aromatic heterocycles. The van der Waals surface area contributed by atoms with E-state index in [0.29, 0.717) is 29.1 Å². The van der Waals surface area contributed by atoms with E-state index in [4.69, 9.17) is 16.9 Å². The lowest BCUT2D eigenvalue weighted by Crippen LogP contribution is -2.48. The predicted molar refractivity (Wildman–Crippen MR) is 124 cm³/mol. The van der Waals surface area contributed by atoms with Crippen LogP contribution in [0.1, 0.15) is 46.7 Å². The first-order valence-electron chi connectivity index (χ1n) is 10.7. The largest absolute Gasteiger partial charge is 0.379 e. The highest BCUT2D eigenvalue weighted by Crippen LogP contribution is 2.48. The number of aromatic nitrogens is 3. The summed E-state index contributed by atoms with van der Waals surface area (Å²) in [5.74, 6) is 0.954. The fourth-order valence-corrected chi connectivity index (χ4v) is 4.51. The van der Waals surface area contributed by atoms with E-state index in [-0.39, 0.29) is 28.7 Å². The Balaban J connectivity index is 1.70. The van der Waals surface area contributed by atoms with Crippen LogP contribution in [0.4, 0.5) is 11.4 Å². The smallest absolute Gasteiger partial charge is 0.288 e. The Bertz CT molecular complexity index is 1090. The summed E-state index contributed by atoms with van der Waals surface area (Å²) >= 11 is 6.36. The molecule has 0 aliphatic heterocycles. The van der Waals surface area contributed by atoms with Gasteiger partial charge in [-0.15, -0.1) is 0 Å². The minimum Gasteiger partial charge on any atom is -0.379 e. The number of hydrogen-bond donors (Lipinski definition) is 2. The maximum atomic E-state index is 12.7. The third-order valence-corrected chi connectivity index (χ3v) is 7.62. The molecule has 1 aliphatic carbocycles. The summed E-state index contributed by atoms with van der Waals surface area (Å²) in [6.45, 7) is 11.1. The van der Waals surface area contributed by atoms with Crippen LogP contribution >= 0.6 is 11.6 Å². The van der Waals surface area contributed by atoms with Gasteiger partial charge >= 0.3 is 0 Å². The van der Waals surface area contributed by atoms with Gasteiger partial charge in [0, 0.05) is 6.04 Å². The van der Waals surface area contributed by atoms with Crippen molar-refractivity contribution in [1.82, 2.24) is 14.8 Å². The van der Waals surface area contributed by atoms with Gasteiger partial charge in [-0.1, -0.05) is 46.2 Å². The van der Waals surface area contributed by atoms with E-state index in [2.05, 4.69) is 55.3 Å². The van der Waals surface area contributed by atoms with Crippen LogP contribution in [0.15, 0.2) is 29.3 Å². The second kappa shape index (κ2) is 9.29. The molecule has 170 valence electrons. The average Bonchev–Trinajstić information content (AvgIpc) is 2.76. The predicted octanol–water partition coefficient (Wildman–Crippen LogP) is 3.92. The van der Waals surface area contributed by atoms with E-state index in [1.807, 2.05) is 6.07 Å². The molecule has 0 aromatic carbocycles. The number of rotatable bonds is 5. The zero-order chi connectivity index (χ0) is 23.6. The van der Waals surface area contributed by atoms with Crippen molar-refractivity contribution in [2.24, 2.45) is 23.2 Å². The number of carbonyl (C=O) groups is 1. The van der Waals surface area contributed by atoms with E-state index in [1.165, 1.54) is 18.5 Å². The molecule has 0 bridgehead atoms. The van der Waals surface area contributed by atoms with E-state index in [9.17, 15) is 9.59 Å². The number of halogens is 1. The number of carbonyl (C=O) groups excluding carboxylic acids is 1. The summed E-state index contributed by atoms with van der Waals surface area (Å²) < 4.78 is 1.03. The first kappa shape index (κ1) is 23.7. The minimum atomic E-state index is -0.533. The molecule has 9 heteroatoms. The molecule has 0 unspecified atom stereocenters. The molecule has 1 amide bonds. The van der Waals surface area contributed by atoms with E-state index >= 15 is 0 Å². The zero-order valence-electron chi connectivity index (χ0n) is 19.0. The van der Waals surface area contributed by atoms with Crippen molar-refractivity contribution in [2.75, 3.05) is 10.6 Å². The second-order valence-corrected chi connectivity index (χ2v) is 9.66. The lowest BCUT2D eigenvalue weighted by Gasteiger charge is -2.50. The second-order valence-electron chi connectivity index (χ2n) is 9.28. The molecule has 0 saturated heterocycles. The number of amides is 1. The number of nitriles is 1. The quantitative estimate of drug-likeness (QED) is 0.704. The highest BCUT2D eigenvalue weighted by atomic mass is 35.5. The molecule has 1 aliphatic rings. The van der Waals surface area contributed by atoms with Gasteiger partial charge in [-0.2, -0.15) is 10.4 Å². The third kappa shape index (κ3) is 4.78. The van der Waals surface area contributed by atoms with Crippen molar-refractivity contribution in [3.05, 3.63) is 45.6 Å². The standard InChI is InChI=1S/C23H29ClN6O2/c1-13-8-18(14(2)15(3)23(13,4)5)29-19-11-27-30(22(32)21(19)24)12-20(31)28-17-7-6-16(9-25)26-10-17/h6-7,10-11,13-15,18,29H,8,12H2,1-5H3,(H,28,31)/t13-,14+,15+,18+/m0/s1. The summed E-state index contributed by atoms with van der Waals surface area (Å²) in [6, 6.07) is 5.14. The fraction of sp³-hybridized carbons (Fsp3) is 0.522. The SMILES string of the molecule is C[C@@H]1[C@@H](C)C(C)(C)[C@@H](C)C[C@H]1Nc1cnn(CC(=O)Nc2ccc(C#N)nc2)c(=O)c1Cl. The molecule has 1 saturated carbocycles. The molecule has 0 spiro atoms. The van der Waals surface area contributed by atoms with Crippen LogP contribution in [0.5, 0.6) is 0 Å². The minimum absolute atomic E-state index is 0.0187. The lowest BCUT2D eigenvalue weighted by molar-refractivity contribution is -0.117. The molecule has 2 aromatic rings. The van der Waals surface area contributed by atoms with Gasteiger partial charge in [-0.25, -0.2) is 9.67 Å². The summed E-state index contributed by atoms with van der Waals surface area (Å²) in [5, 5.41) is 19.0. The highest BCUT2D eigenvalue weighted by molar-refractivity contribution is 6.32. The maximum Gasteiger partial charge on any atom is 0.288 e. The van der Waals surface area contributed by atoms with Crippen molar-refractivity contribution >= 4 is 28.9 Å². The van der Waals surface area contributed by atoms with Crippen LogP contribution in [-0.4, -0.2) is 26.7 Å².